The van der Waals surface area contributed by atoms with Crippen molar-refractivity contribution in [3.8, 4) is 0 Å². The summed E-state index contributed by atoms with van der Waals surface area (Å²) in [6.45, 7) is 12.9. The first-order chi connectivity index (χ1) is 8.65. The number of ether oxygens (including phenoxy) is 1. The van der Waals surface area contributed by atoms with E-state index in [1.165, 1.54) is 19.3 Å². The smallest absolute Gasteiger partial charge is 0.312 e. The third-order valence-electron chi connectivity index (χ3n) is 4.46. The summed E-state index contributed by atoms with van der Waals surface area (Å²) in [5.74, 6) is 0.326. The quantitative estimate of drug-likeness (QED) is 0.673. The Kier molecular flexibility index (Phi) is 5.46. The third-order valence-corrected chi connectivity index (χ3v) is 4.46. The number of carbonyl (C=O) groups excluding carboxylic acids is 1. The molecule has 0 bridgehead atoms. The van der Waals surface area contributed by atoms with E-state index in [1.54, 1.807) is 0 Å². The van der Waals surface area contributed by atoms with Crippen LogP contribution in [-0.4, -0.2) is 12.1 Å². The predicted molar refractivity (Wildman–Crippen MR) is 80.0 cm³/mol. The van der Waals surface area contributed by atoms with Crippen molar-refractivity contribution in [3.05, 3.63) is 0 Å². The van der Waals surface area contributed by atoms with Gasteiger partial charge in [0.05, 0.1) is 5.41 Å². The molecule has 1 unspecified atom stereocenters. The molecule has 1 fully saturated rings. The molecule has 1 rings (SSSR count). The summed E-state index contributed by atoms with van der Waals surface area (Å²) in [5, 5.41) is 0. The first kappa shape index (κ1) is 16.5. The highest BCUT2D eigenvalue weighted by Crippen LogP contribution is 2.41. The van der Waals surface area contributed by atoms with Gasteiger partial charge in [-0.25, -0.2) is 0 Å². The molecule has 1 aliphatic rings. The van der Waals surface area contributed by atoms with Crippen LogP contribution in [0.1, 0.15) is 80.1 Å². The van der Waals surface area contributed by atoms with E-state index in [2.05, 4.69) is 41.5 Å². The maximum Gasteiger partial charge on any atom is 0.312 e. The first-order valence-electron chi connectivity index (χ1n) is 7.86. The Morgan fingerprint density at radius 2 is 1.63 bits per heavy atom. The monoisotopic (exact) mass is 268 g/mol. The minimum absolute atomic E-state index is 0.0179. The lowest BCUT2D eigenvalue weighted by Gasteiger charge is -2.38. The van der Waals surface area contributed by atoms with Crippen LogP contribution in [0.15, 0.2) is 0 Å². The molecule has 2 heteroatoms. The highest BCUT2D eigenvalue weighted by molar-refractivity contribution is 5.77. The van der Waals surface area contributed by atoms with Gasteiger partial charge in [-0.3, -0.25) is 4.79 Å². The minimum atomic E-state index is -0.365. The second kappa shape index (κ2) is 6.28. The highest BCUT2D eigenvalue weighted by Gasteiger charge is 2.42. The largest absolute Gasteiger partial charge is 0.462 e. The lowest BCUT2D eigenvalue weighted by Crippen LogP contribution is -2.40. The average molecular weight is 268 g/mol. The van der Waals surface area contributed by atoms with Crippen LogP contribution >= 0.6 is 0 Å². The summed E-state index contributed by atoms with van der Waals surface area (Å²) in [6.07, 6.45) is 6.84. The molecule has 0 radical (unpaired) electrons. The molecule has 1 atom stereocenters. The molecular formula is C17H32O2. The van der Waals surface area contributed by atoms with Crippen molar-refractivity contribution in [2.24, 2.45) is 16.7 Å². The predicted octanol–water partition coefficient (Wildman–Crippen LogP) is 4.96. The lowest BCUT2D eigenvalue weighted by molar-refractivity contribution is -0.167. The van der Waals surface area contributed by atoms with E-state index < -0.39 is 0 Å². The molecule has 0 heterocycles. The number of esters is 1. The Bertz CT molecular complexity index is 295. The molecule has 0 aliphatic heterocycles. The fraction of sp³-hybridized carbons (Fsp3) is 0.941. The standard InChI is InChI=1S/C17H32O2/c1-13(2)17(6,12-16(3,4)5)15(18)19-14-10-8-7-9-11-14/h13-14H,7-12H2,1-6H3. The summed E-state index contributed by atoms with van der Waals surface area (Å²) in [4.78, 5) is 12.6. The first-order valence-corrected chi connectivity index (χ1v) is 7.86. The number of hydrogen-bond donors (Lipinski definition) is 0. The Hall–Kier alpha value is -0.530. The second-order valence-electron chi connectivity index (χ2n) is 7.97. The van der Waals surface area contributed by atoms with Crippen LogP contribution in [0.3, 0.4) is 0 Å². The van der Waals surface area contributed by atoms with E-state index in [1.807, 2.05) is 0 Å². The Morgan fingerprint density at radius 1 is 1.11 bits per heavy atom. The minimum Gasteiger partial charge on any atom is -0.462 e. The zero-order valence-corrected chi connectivity index (χ0v) is 13.7. The summed E-state index contributed by atoms with van der Waals surface area (Å²) in [7, 11) is 0. The van der Waals surface area contributed by atoms with E-state index in [0.717, 1.165) is 19.3 Å². The molecular weight excluding hydrogens is 236 g/mol. The number of hydrogen-bond acceptors (Lipinski definition) is 2. The molecule has 0 N–H and O–H groups in total. The second-order valence-corrected chi connectivity index (χ2v) is 7.97. The zero-order chi connectivity index (χ0) is 14.7. The molecule has 0 aromatic carbocycles. The van der Waals surface area contributed by atoms with Gasteiger partial charge in [-0.1, -0.05) is 41.0 Å². The highest BCUT2D eigenvalue weighted by atomic mass is 16.5. The molecule has 0 aromatic rings. The van der Waals surface area contributed by atoms with Gasteiger partial charge in [-0.2, -0.15) is 0 Å². The molecule has 112 valence electrons. The summed E-state index contributed by atoms with van der Waals surface area (Å²) >= 11 is 0. The van der Waals surface area contributed by atoms with Crippen LogP contribution in [0, 0.1) is 16.7 Å². The van der Waals surface area contributed by atoms with Crippen molar-refractivity contribution in [3.63, 3.8) is 0 Å². The molecule has 1 aliphatic carbocycles. The maximum atomic E-state index is 12.6. The van der Waals surface area contributed by atoms with Crippen molar-refractivity contribution < 1.29 is 9.53 Å². The van der Waals surface area contributed by atoms with Gasteiger partial charge < -0.3 is 4.74 Å². The summed E-state index contributed by atoms with van der Waals surface area (Å²) in [6, 6.07) is 0. The molecule has 1 saturated carbocycles. The van der Waals surface area contributed by atoms with E-state index in [9.17, 15) is 4.79 Å². The zero-order valence-electron chi connectivity index (χ0n) is 13.7. The van der Waals surface area contributed by atoms with Gasteiger partial charge in [0.25, 0.3) is 0 Å². The van der Waals surface area contributed by atoms with Crippen LogP contribution < -0.4 is 0 Å². The molecule has 0 amide bonds. The SMILES string of the molecule is CC(C)C(C)(CC(C)(C)C)C(=O)OC1CCCCC1. The van der Waals surface area contributed by atoms with Gasteiger partial charge in [-0.05, 0) is 50.4 Å². The molecule has 0 spiro atoms. The normalized spacial score (nSPS) is 21.2. The van der Waals surface area contributed by atoms with Crippen LogP contribution in [0.4, 0.5) is 0 Å². The van der Waals surface area contributed by atoms with Crippen molar-refractivity contribution in [2.45, 2.75) is 86.2 Å². The fourth-order valence-electron chi connectivity index (χ4n) is 3.08. The van der Waals surface area contributed by atoms with E-state index in [4.69, 9.17) is 4.74 Å². The maximum absolute atomic E-state index is 12.6. The van der Waals surface area contributed by atoms with Crippen LogP contribution in [-0.2, 0) is 9.53 Å². The van der Waals surface area contributed by atoms with Crippen LogP contribution in [0.2, 0.25) is 0 Å². The van der Waals surface area contributed by atoms with Gasteiger partial charge in [0.2, 0.25) is 0 Å². The molecule has 19 heavy (non-hydrogen) atoms. The van der Waals surface area contributed by atoms with Gasteiger partial charge >= 0.3 is 5.97 Å². The van der Waals surface area contributed by atoms with Crippen LogP contribution in [0.25, 0.3) is 0 Å². The van der Waals surface area contributed by atoms with Crippen molar-refractivity contribution in [1.29, 1.82) is 0 Å². The molecule has 2 nitrogen and oxygen atoms in total. The van der Waals surface area contributed by atoms with Crippen molar-refractivity contribution in [2.75, 3.05) is 0 Å². The summed E-state index contributed by atoms with van der Waals surface area (Å²) < 4.78 is 5.82. The molecule has 0 saturated heterocycles. The van der Waals surface area contributed by atoms with E-state index in [-0.39, 0.29) is 22.9 Å². The Balaban J connectivity index is 2.71. The Labute approximate surface area is 119 Å². The lowest BCUT2D eigenvalue weighted by atomic mass is 9.68. The number of rotatable bonds is 4. The third kappa shape index (κ3) is 4.81. The molecule has 0 aromatic heterocycles. The number of carbonyl (C=O) groups is 1. The fourth-order valence-corrected chi connectivity index (χ4v) is 3.08. The topological polar surface area (TPSA) is 26.3 Å². The van der Waals surface area contributed by atoms with Crippen molar-refractivity contribution >= 4 is 5.97 Å². The van der Waals surface area contributed by atoms with Gasteiger partial charge in [0.1, 0.15) is 6.10 Å². The van der Waals surface area contributed by atoms with Gasteiger partial charge in [0.15, 0.2) is 0 Å². The van der Waals surface area contributed by atoms with Crippen molar-refractivity contribution in [1.82, 2.24) is 0 Å². The average Bonchev–Trinajstić information content (AvgIpc) is 2.27. The van der Waals surface area contributed by atoms with Gasteiger partial charge in [-0.15, -0.1) is 0 Å². The Morgan fingerprint density at radius 3 is 2.05 bits per heavy atom. The van der Waals surface area contributed by atoms with E-state index >= 15 is 0 Å². The summed E-state index contributed by atoms with van der Waals surface area (Å²) in [5.41, 5.74) is -0.222. The van der Waals surface area contributed by atoms with Gasteiger partial charge in [0, 0.05) is 0 Å². The van der Waals surface area contributed by atoms with E-state index in [0.29, 0.717) is 5.92 Å². The van der Waals surface area contributed by atoms with Crippen LogP contribution in [0.5, 0.6) is 0 Å².